The third-order valence-electron chi connectivity index (χ3n) is 3.55. The van der Waals surface area contributed by atoms with Crippen molar-refractivity contribution in [2.75, 3.05) is 0 Å². The number of rotatable bonds is 1. The minimum absolute atomic E-state index is 0.500. The normalized spacial score (nSPS) is 12.5. The van der Waals surface area contributed by atoms with E-state index in [0.717, 1.165) is 0 Å². The fourth-order valence-electron chi connectivity index (χ4n) is 2.91. The maximum absolute atomic E-state index is 2.45. The molecule has 0 radical (unpaired) electrons. The zero-order valence-corrected chi connectivity index (χ0v) is 15.0. The van der Waals surface area contributed by atoms with Crippen LogP contribution < -0.4 is 0 Å². The second-order valence-electron chi connectivity index (χ2n) is 5.40. The van der Waals surface area contributed by atoms with Gasteiger partial charge in [0.1, 0.15) is 0 Å². The molecule has 0 saturated carbocycles. The quantitative estimate of drug-likeness (QED) is 0.651. The van der Waals surface area contributed by atoms with Crippen LogP contribution in [0.2, 0.25) is 23.6 Å². The molecule has 0 heterocycles. The summed E-state index contributed by atoms with van der Waals surface area (Å²) in [5.74, 6) is 0. The first-order valence-electron chi connectivity index (χ1n) is 6.97. The summed E-state index contributed by atoms with van der Waals surface area (Å²) in [7, 11) is -0.697. The van der Waals surface area contributed by atoms with E-state index in [0.29, 0.717) is 24.7 Å². The van der Waals surface area contributed by atoms with Gasteiger partial charge in [0.25, 0.3) is 0 Å². The molecular formula is C17H22SiTi. The molecule has 0 nitrogen and oxygen atoms in total. The average molecular weight is 302 g/mol. The topological polar surface area (TPSA) is 0 Å². The molecule has 2 aromatic rings. The van der Waals surface area contributed by atoms with Crippen molar-refractivity contribution in [1.82, 2.24) is 0 Å². The van der Waals surface area contributed by atoms with E-state index in [1.807, 2.05) is 0 Å². The predicted octanol–water partition coefficient (Wildman–Crippen LogP) is 4.99. The molecule has 1 aliphatic rings. The van der Waals surface area contributed by atoms with E-state index in [2.05, 4.69) is 72.1 Å². The van der Waals surface area contributed by atoms with Crippen molar-refractivity contribution in [3.8, 4) is 11.1 Å². The molecule has 0 atom stereocenters. The summed E-state index contributed by atoms with van der Waals surface area (Å²) in [6.07, 6.45) is 0. The van der Waals surface area contributed by atoms with Crippen molar-refractivity contribution in [1.29, 1.82) is 0 Å². The van der Waals surface area contributed by atoms with Crippen LogP contribution in [0.4, 0.5) is 0 Å². The van der Waals surface area contributed by atoms with Gasteiger partial charge in [-0.1, -0.05) is 61.6 Å². The zero-order valence-electron chi connectivity index (χ0n) is 12.3. The Morgan fingerprint density at radius 2 is 1.16 bits per heavy atom. The van der Waals surface area contributed by atoms with Crippen molar-refractivity contribution in [2.24, 2.45) is 0 Å². The van der Waals surface area contributed by atoms with Crippen LogP contribution in [0.3, 0.4) is 0 Å². The molecule has 0 unspecified atom stereocenters. The molecule has 0 aromatic heterocycles. The van der Waals surface area contributed by atoms with Crippen molar-refractivity contribution < 1.29 is 19.2 Å². The van der Waals surface area contributed by atoms with Crippen molar-refractivity contribution in [2.45, 2.75) is 29.1 Å². The molecule has 0 spiro atoms. The molecule has 0 saturated heterocycles. The second kappa shape index (κ2) is 6.69. The second-order valence-corrected chi connectivity index (χ2v) is 10.1. The summed E-state index contributed by atoms with van der Waals surface area (Å²) < 4.78 is 0. The first kappa shape index (κ1) is 14.8. The van der Waals surface area contributed by atoms with Gasteiger partial charge in [-0.15, -0.1) is 0 Å². The molecule has 0 fully saturated rings. The molecule has 0 bridgehead atoms. The van der Waals surface area contributed by atoms with Crippen LogP contribution in [0.5, 0.6) is 0 Å². The standard InChI is InChI=1S/C15H16Si.2CH3.Ti/c1-16(2)15-13-9-5-3-7-11(13)12-8-4-6-10-14(12)15;;;/h3-10,15-16H,1-2H3;2*1H3;. The summed E-state index contributed by atoms with van der Waals surface area (Å²) in [5.41, 5.74) is 6.76. The van der Waals surface area contributed by atoms with Crippen LogP contribution in [-0.4, -0.2) is 8.80 Å². The van der Waals surface area contributed by atoms with Crippen LogP contribution in [0, 0.1) is 0 Å². The SMILES string of the molecule is C[SiH](C)C1c2ccccc2-c2ccccc21.[CH3][Ti][CH3]. The summed E-state index contributed by atoms with van der Waals surface area (Å²) >= 11 is 0.500. The minimum atomic E-state index is -0.697. The summed E-state index contributed by atoms with van der Waals surface area (Å²) in [6, 6.07) is 17.8. The Bertz CT molecular complexity index is 503. The molecule has 0 amide bonds. The van der Waals surface area contributed by atoms with E-state index in [1.165, 1.54) is 11.1 Å². The van der Waals surface area contributed by atoms with Crippen LogP contribution in [0.15, 0.2) is 48.5 Å². The Morgan fingerprint density at radius 1 is 0.789 bits per heavy atom. The fourth-order valence-corrected chi connectivity index (χ4v) is 4.93. The van der Waals surface area contributed by atoms with Gasteiger partial charge in [-0.25, -0.2) is 0 Å². The predicted molar refractivity (Wildman–Crippen MR) is 84.3 cm³/mol. The maximum atomic E-state index is 2.45. The van der Waals surface area contributed by atoms with Crippen LogP contribution in [0.25, 0.3) is 11.1 Å². The van der Waals surface area contributed by atoms with E-state index in [4.69, 9.17) is 0 Å². The first-order valence-corrected chi connectivity index (χ1v) is 13.1. The number of hydrogen-bond acceptors (Lipinski definition) is 0. The van der Waals surface area contributed by atoms with Gasteiger partial charge in [0.2, 0.25) is 0 Å². The van der Waals surface area contributed by atoms with Gasteiger partial charge >= 0.3 is 29.6 Å². The van der Waals surface area contributed by atoms with Gasteiger partial charge in [0.05, 0.1) is 0 Å². The fraction of sp³-hybridized carbons (Fsp3) is 0.294. The molecule has 0 N–H and O–H groups in total. The molecule has 2 aromatic carbocycles. The van der Waals surface area contributed by atoms with Gasteiger partial charge in [0.15, 0.2) is 0 Å². The zero-order chi connectivity index (χ0) is 13.8. The molecule has 3 rings (SSSR count). The van der Waals surface area contributed by atoms with Crippen LogP contribution >= 0.6 is 0 Å². The van der Waals surface area contributed by atoms with Crippen LogP contribution in [0.1, 0.15) is 16.7 Å². The third-order valence-corrected chi connectivity index (χ3v) is 5.60. The monoisotopic (exact) mass is 302 g/mol. The Labute approximate surface area is 127 Å². The molecule has 98 valence electrons. The Kier molecular flexibility index (Phi) is 5.21. The van der Waals surface area contributed by atoms with Crippen LogP contribution in [-0.2, 0) is 19.2 Å². The summed E-state index contributed by atoms with van der Waals surface area (Å²) in [5, 5.41) is 4.50. The van der Waals surface area contributed by atoms with Gasteiger partial charge < -0.3 is 0 Å². The van der Waals surface area contributed by atoms with E-state index < -0.39 is 8.80 Å². The molecule has 1 aliphatic carbocycles. The van der Waals surface area contributed by atoms with Crippen molar-refractivity contribution in [3.63, 3.8) is 0 Å². The van der Waals surface area contributed by atoms with E-state index >= 15 is 0 Å². The van der Waals surface area contributed by atoms with E-state index in [9.17, 15) is 0 Å². The number of hydrogen-bond donors (Lipinski definition) is 0. The third kappa shape index (κ3) is 2.94. The van der Waals surface area contributed by atoms with Gasteiger partial charge in [-0.05, 0) is 22.3 Å². The Hall–Kier alpha value is -0.629. The Balaban J connectivity index is 0.000000408. The van der Waals surface area contributed by atoms with Crippen molar-refractivity contribution >= 4 is 8.80 Å². The van der Waals surface area contributed by atoms with Gasteiger partial charge in [-0.3, -0.25) is 0 Å². The number of fused-ring (bicyclic) bond motifs is 3. The first-order chi connectivity index (χ1) is 9.20. The molecular weight excluding hydrogens is 280 g/mol. The average Bonchev–Trinajstić information content (AvgIpc) is 2.74. The summed E-state index contributed by atoms with van der Waals surface area (Å²) in [4.78, 5) is 0. The van der Waals surface area contributed by atoms with Gasteiger partial charge in [-0.2, -0.15) is 0 Å². The van der Waals surface area contributed by atoms with Crippen molar-refractivity contribution in [3.05, 3.63) is 59.7 Å². The van der Waals surface area contributed by atoms with E-state index in [-0.39, 0.29) is 0 Å². The van der Waals surface area contributed by atoms with Gasteiger partial charge in [0, 0.05) is 14.3 Å². The Morgan fingerprint density at radius 3 is 1.53 bits per heavy atom. The summed E-state index contributed by atoms with van der Waals surface area (Å²) in [6.45, 7) is 4.90. The molecule has 2 heteroatoms. The molecule has 0 aliphatic heterocycles. The number of benzene rings is 2. The molecule has 19 heavy (non-hydrogen) atoms. The van der Waals surface area contributed by atoms with E-state index in [1.54, 1.807) is 11.1 Å².